The van der Waals surface area contributed by atoms with Crippen LogP contribution in [-0.4, -0.2) is 26.5 Å². The standard InChI is InChI=1S/C16H8FN3O2/c17-9-5-3-8(4-6-9)16-19-12-13(20-16)15(22)11-10(14(12)21)2-1-7-18-11/h1-7H,(H,19,20). The summed E-state index contributed by atoms with van der Waals surface area (Å²) in [5, 5.41) is 0. The lowest BCUT2D eigenvalue weighted by molar-refractivity contribution is 0.0970. The first-order chi connectivity index (χ1) is 10.6. The average molecular weight is 293 g/mol. The number of hydrogen-bond acceptors (Lipinski definition) is 4. The van der Waals surface area contributed by atoms with Crippen molar-refractivity contribution in [3.05, 3.63) is 71.1 Å². The maximum Gasteiger partial charge on any atom is 0.232 e. The molecule has 5 nitrogen and oxygen atoms in total. The maximum atomic E-state index is 13.0. The summed E-state index contributed by atoms with van der Waals surface area (Å²) in [5.41, 5.74) is 1.15. The van der Waals surface area contributed by atoms with Crippen LogP contribution < -0.4 is 0 Å². The zero-order valence-corrected chi connectivity index (χ0v) is 11.1. The van der Waals surface area contributed by atoms with Crippen LogP contribution >= 0.6 is 0 Å². The van der Waals surface area contributed by atoms with Gasteiger partial charge in [-0.15, -0.1) is 0 Å². The summed E-state index contributed by atoms with van der Waals surface area (Å²) >= 11 is 0. The van der Waals surface area contributed by atoms with Crippen LogP contribution in [0.3, 0.4) is 0 Å². The van der Waals surface area contributed by atoms with E-state index in [1.54, 1.807) is 12.1 Å². The van der Waals surface area contributed by atoms with E-state index in [1.807, 2.05) is 0 Å². The molecule has 1 aliphatic rings. The van der Waals surface area contributed by atoms with Crippen LogP contribution in [0.1, 0.15) is 32.2 Å². The number of ketones is 2. The minimum Gasteiger partial charge on any atom is -0.335 e. The predicted molar refractivity (Wildman–Crippen MR) is 75.1 cm³/mol. The molecule has 1 aromatic carbocycles. The molecule has 0 amide bonds. The topological polar surface area (TPSA) is 75.7 Å². The molecule has 1 N–H and O–H groups in total. The number of carbonyl (C=O) groups is 2. The number of nitrogens with zero attached hydrogens (tertiary/aromatic N) is 2. The van der Waals surface area contributed by atoms with Gasteiger partial charge in [-0.1, -0.05) is 0 Å². The van der Waals surface area contributed by atoms with Crippen LogP contribution in [0.4, 0.5) is 4.39 Å². The lowest BCUT2D eigenvalue weighted by atomic mass is 9.95. The van der Waals surface area contributed by atoms with Gasteiger partial charge < -0.3 is 4.98 Å². The molecule has 2 heterocycles. The van der Waals surface area contributed by atoms with Crippen molar-refractivity contribution in [2.45, 2.75) is 0 Å². The molecule has 0 saturated carbocycles. The van der Waals surface area contributed by atoms with E-state index in [0.29, 0.717) is 11.4 Å². The maximum absolute atomic E-state index is 13.0. The molecule has 0 atom stereocenters. The van der Waals surface area contributed by atoms with E-state index >= 15 is 0 Å². The fourth-order valence-electron chi connectivity index (χ4n) is 2.46. The van der Waals surface area contributed by atoms with Gasteiger partial charge in [0.05, 0.1) is 5.56 Å². The van der Waals surface area contributed by atoms with Crippen LogP contribution in [-0.2, 0) is 0 Å². The van der Waals surface area contributed by atoms with Crippen molar-refractivity contribution in [2.75, 3.05) is 0 Å². The summed E-state index contributed by atoms with van der Waals surface area (Å²) in [5.74, 6) is -0.739. The number of fused-ring (bicyclic) bond motifs is 2. The molecule has 106 valence electrons. The number of pyridine rings is 1. The molecule has 3 aromatic rings. The highest BCUT2D eigenvalue weighted by atomic mass is 19.1. The van der Waals surface area contributed by atoms with Crippen molar-refractivity contribution >= 4 is 11.6 Å². The second kappa shape index (κ2) is 4.42. The Morgan fingerprint density at radius 2 is 1.73 bits per heavy atom. The first kappa shape index (κ1) is 12.6. The largest absolute Gasteiger partial charge is 0.335 e. The lowest BCUT2D eigenvalue weighted by Gasteiger charge is -2.10. The van der Waals surface area contributed by atoms with E-state index < -0.39 is 5.78 Å². The van der Waals surface area contributed by atoms with E-state index in [0.717, 1.165) is 0 Å². The third-order valence-corrected chi connectivity index (χ3v) is 3.53. The van der Waals surface area contributed by atoms with Crippen LogP contribution in [0.2, 0.25) is 0 Å². The van der Waals surface area contributed by atoms with Gasteiger partial charge in [-0.3, -0.25) is 14.6 Å². The van der Waals surface area contributed by atoms with Crippen molar-refractivity contribution < 1.29 is 14.0 Å². The van der Waals surface area contributed by atoms with Gasteiger partial charge in [-0.25, -0.2) is 9.37 Å². The Morgan fingerprint density at radius 3 is 2.50 bits per heavy atom. The first-order valence-electron chi connectivity index (χ1n) is 6.55. The molecule has 0 bridgehead atoms. The smallest absolute Gasteiger partial charge is 0.232 e. The van der Waals surface area contributed by atoms with Gasteiger partial charge >= 0.3 is 0 Å². The van der Waals surface area contributed by atoms with Crippen molar-refractivity contribution in [3.63, 3.8) is 0 Å². The molecule has 0 aliphatic heterocycles. The van der Waals surface area contributed by atoms with Gasteiger partial charge in [-0.05, 0) is 36.4 Å². The van der Waals surface area contributed by atoms with Gasteiger partial charge in [0.2, 0.25) is 11.6 Å². The number of benzene rings is 1. The highest BCUT2D eigenvalue weighted by molar-refractivity contribution is 6.26. The first-order valence-corrected chi connectivity index (χ1v) is 6.55. The molecule has 4 rings (SSSR count). The van der Waals surface area contributed by atoms with E-state index in [1.165, 1.54) is 30.5 Å². The molecule has 6 heteroatoms. The molecule has 0 unspecified atom stereocenters. The van der Waals surface area contributed by atoms with Crippen molar-refractivity contribution in [1.82, 2.24) is 15.0 Å². The number of aromatic nitrogens is 3. The number of imidazole rings is 1. The molecule has 0 saturated heterocycles. The lowest BCUT2D eigenvalue weighted by Crippen LogP contribution is -2.22. The van der Waals surface area contributed by atoms with Gasteiger partial charge in [0.1, 0.15) is 28.7 Å². The average Bonchev–Trinajstić information content (AvgIpc) is 2.99. The molecular weight excluding hydrogens is 285 g/mol. The van der Waals surface area contributed by atoms with Crippen LogP contribution in [0.5, 0.6) is 0 Å². The Hall–Kier alpha value is -3.15. The number of aromatic amines is 1. The Balaban J connectivity index is 1.88. The molecule has 22 heavy (non-hydrogen) atoms. The Bertz CT molecular complexity index is 876. The number of rotatable bonds is 1. The minimum atomic E-state index is -0.394. The van der Waals surface area contributed by atoms with Gasteiger partial charge in [0.15, 0.2) is 0 Å². The summed E-state index contributed by atoms with van der Waals surface area (Å²) in [6, 6.07) is 8.80. The van der Waals surface area contributed by atoms with Crippen LogP contribution in [0.25, 0.3) is 11.4 Å². The van der Waals surface area contributed by atoms with Gasteiger partial charge in [0.25, 0.3) is 0 Å². The normalized spacial score (nSPS) is 13.0. The quantitative estimate of drug-likeness (QED) is 0.584. The van der Waals surface area contributed by atoms with Crippen molar-refractivity contribution in [2.24, 2.45) is 0 Å². The molecule has 2 aromatic heterocycles. The van der Waals surface area contributed by atoms with Gasteiger partial charge in [-0.2, -0.15) is 0 Å². The molecule has 0 radical (unpaired) electrons. The van der Waals surface area contributed by atoms with Crippen LogP contribution in [0, 0.1) is 5.82 Å². The molecule has 0 spiro atoms. The van der Waals surface area contributed by atoms with E-state index in [2.05, 4.69) is 15.0 Å². The second-order valence-electron chi connectivity index (χ2n) is 4.87. The van der Waals surface area contributed by atoms with Crippen molar-refractivity contribution in [3.8, 4) is 11.4 Å². The highest BCUT2D eigenvalue weighted by Crippen LogP contribution is 2.27. The third kappa shape index (κ3) is 1.70. The SMILES string of the molecule is O=C1c2ncccc2C(=O)c2[nH]c(-c3ccc(F)cc3)nc21. The van der Waals surface area contributed by atoms with E-state index in [-0.39, 0.29) is 34.2 Å². The highest BCUT2D eigenvalue weighted by Gasteiger charge is 2.34. The number of H-pyrrole nitrogens is 1. The summed E-state index contributed by atoms with van der Waals surface area (Å²) in [7, 11) is 0. The van der Waals surface area contributed by atoms with Crippen LogP contribution in [0.15, 0.2) is 42.6 Å². The predicted octanol–water partition coefficient (Wildman–Crippen LogP) is 2.39. The number of nitrogens with one attached hydrogen (secondary N) is 1. The van der Waals surface area contributed by atoms with Crippen molar-refractivity contribution in [1.29, 1.82) is 0 Å². The molecule has 1 aliphatic carbocycles. The number of halogens is 1. The zero-order valence-electron chi connectivity index (χ0n) is 11.1. The monoisotopic (exact) mass is 293 g/mol. The van der Waals surface area contributed by atoms with E-state index in [4.69, 9.17) is 0 Å². The fourth-order valence-corrected chi connectivity index (χ4v) is 2.46. The third-order valence-electron chi connectivity index (χ3n) is 3.53. The molecule has 0 fully saturated rings. The van der Waals surface area contributed by atoms with Gasteiger partial charge in [0, 0.05) is 11.8 Å². The number of hydrogen-bond donors (Lipinski definition) is 1. The molecular formula is C16H8FN3O2. The Labute approximate surface area is 123 Å². The number of carbonyl (C=O) groups excluding carboxylic acids is 2. The summed E-state index contributed by atoms with van der Waals surface area (Å²) in [4.78, 5) is 35.8. The summed E-state index contributed by atoms with van der Waals surface area (Å²) in [6.45, 7) is 0. The zero-order chi connectivity index (χ0) is 15.3. The minimum absolute atomic E-state index is 0.0514. The summed E-state index contributed by atoms with van der Waals surface area (Å²) in [6.07, 6.45) is 1.46. The Kier molecular flexibility index (Phi) is 2.53. The van der Waals surface area contributed by atoms with E-state index in [9.17, 15) is 14.0 Å². The summed E-state index contributed by atoms with van der Waals surface area (Å²) < 4.78 is 13.0. The second-order valence-corrected chi connectivity index (χ2v) is 4.87. The Morgan fingerprint density at radius 1 is 0.955 bits per heavy atom. The fraction of sp³-hybridized carbons (Fsp3) is 0.